The molecule has 0 aromatic heterocycles. The number of fused-ring (bicyclic) bond motifs is 2. The number of benzene rings is 3. The van der Waals surface area contributed by atoms with Crippen molar-refractivity contribution in [2.45, 2.75) is 336 Å². The Kier molecular flexibility index (Phi) is 43.8. The molecule has 0 heterocycles. The molecular weight excluding hydrogens is 976 g/mol. The van der Waals surface area contributed by atoms with Crippen LogP contribution in [0.3, 0.4) is 0 Å². The summed E-state index contributed by atoms with van der Waals surface area (Å²) in [6.45, 7) is 11.7. The molecule has 76 heavy (non-hydrogen) atoms. The van der Waals surface area contributed by atoms with Gasteiger partial charge < -0.3 is 18.9 Å². The summed E-state index contributed by atoms with van der Waals surface area (Å²) >= 11 is 14.3. The van der Waals surface area contributed by atoms with Gasteiger partial charge in [-0.2, -0.15) is 0 Å². The van der Waals surface area contributed by atoms with Crippen molar-refractivity contribution >= 4 is 44.7 Å². The largest absolute Gasteiger partial charge is 0.493 e. The molecule has 0 saturated heterocycles. The van der Waals surface area contributed by atoms with E-state index in [4.69, 9.17) is 42.1 Å². The Morgan fingerprint density at radius 3 is 0.776 bits per heavy atom. The van der Waals surface area contributed by atoms with Crippen molar-refractivity contribution in [2.24, 2.45) is 0 Å². The molecule has 0 amide bonds. The van der Waals surface area contributed by atoms with Crippen LogP contribution in [0.25, 0.3) is 21.5 Å². The van der Waals surface area contributed by atoms with Crippen LogP contribution in [-0.4, -0.2) is 26.4 Å². The average Bonchev–Trinajstić information content (AvgIpc) is 3.43. The van der Waals surface area contributed by atoms with Crippen LogP contribution in [0, 0.1) is 0 Å². The van der Waals surface area contributed by atoms with Gasteiger partial charge in [-0.1, -0.05) is 333 Å². The molecule has 3 aromatic rings. The van der Waals surface area contributed by atoms with E-state index in [1.54, 1.807) is 0 Å². The molecule has 0 aliphatic carbocycles. The number of ether oxygens (including phenoxy) is 4. The van der Waals surface area contributed by atoms with Crippen molar-refractivity contribution in [3.63, 3.8) is 0 Å². The smallest absolute Gasteiger partial charge is 0.140 e. The molecule has 3 rings (SSSR count). The van der Waals surface area contributed by atoms with Crippen LogP contribution in [0.4, 0.5) is 0 Å². The fourth-order valence-corrected chi connectivity index (χ4v) is 11.7. The van der Waals surface area contributed by atoms with E-state index >= 15 is 0 Å². The van der Waals surface area contributed by atoms with E-state index in [1.807, 2.05) is 6.07 Å². The van der Waals surface area contributed by atoms with Crippen LogP contribution in [-0.2, 0) is 0 Å². The summed E-state index contributed by atoms with van der Waals surface area (Å²) < 4.78 is 27.8. The third-order valence-electron chi connectivity index (χ3n) is 16.1. The molecule has 0 spiro atoms. The van der Waals surface area contributed by atoms with E-state index in [9.17, 15) is 0 Å². The Hall–Kier alpha value is -2.04. The van der Waals surface area contributed by atoms with Crippen LogP contribution in [0.2, 0.25) is 10.0 Å². The molecule has 0 saturated carbocycles. The maximum atomic E-state index is 7.33. The molecular formula is C70H120Cl2O4. The molecule has 0 radical (unpaired) electrons. The third-order valence-corrected chi connectivity index (χ3v) is 17.0. The van der Waals surface area contributed by atoms with E-state index in [1.165, 1.54) is 270 Å². The SMILES string of the molecule is CCCCCCCCCCCCCCOc1ccc(OCCCCCCCCCCCCCC)c2c(OCCCCCCCCCCCCCC)c3c(Cl)c(Cl)ccc3c(OCCCCCCCCCCCCCC)c12. The number of hydrogen-bond donors (Lipinski definition) is 0. The number of halogens is 2. The number of hydrogen-bond acceptors (Lipinski definition) is 4. The Labute approximate surface area is 480 Å². The van der Waals surface area contributed by atoms with Gasteiger partial charge >= 0.3 is 0 Å². The van der Waals surface area contributed by atoms with E-state index in [-0.39, 0.29) is 0 Å². The second kappa shape index (κ2) is 48.8. The van der Waals surface area contributed by atoms with Crippen molar-refractivity contribution < 1.29 is 18.9 Å². The first kappa shape index (κ1) is 68.2. The summed E-state index contributed by atoms with van der Waals surface area (Å²) in [5.41, 5.74) is 0. The highest BCUT2D eigenvalue weighted by atomic mass is 35.5. The normalized spacial score (nSPS) is 11.7. The van der Waals surface area contributed by atoms with Gasteiger partial charge in [0.25, 0.3) is 0 Å². The van der Waals surface area contributed by atoms with Crippen molar-refractivity contribution in [1.29, 1.82) is 0 Å². The van der Waals surface area contributed by atoms with Gasteiger partial charge in [0.05, 0.1) is 47.2 Å². The lowest BCUT2D eigenvalue weighted by Gasteiger charge is -2.23. The van der Waals surface area contributed by atoms with E-state index in [2.05, 4.69) is 45.9 Å². The van der Waals surface area contributed by atoms with E-state index < -0.39 is 0 Å². The second-order valence-electron chi connectivity index (χ2n) is 23.2. The molecule has 0 aliphatic heterocycles. The standard InChI is InChI=1S/C70H120Cl2O4/c1-5-9-13-17-21-25-29-33-37-41-45-49-57-73-63-55-56-64(74-58-50-46-42-38-34-30-26-22-18-14-10-6-2)67-66(63)69(75-59-51-47-43-39-35-31-27-23-19-15-11-7-3)61-53-54-62(71)68(72)65(61)70(67)76-60-52-48-44-40-36-32-28-24-20-16-12-8-4/h53-56H,5-52,57-60H2,1-4H3. The average molecular weight is 1100 g/mol. The van der Waals surface area contributed by atoms with Crippen LogP contribution < -0.4 is 18.9 Å². The summed E-state index contributed by atoms with van der Waals surface area (Å²) in [7, 11) is 0. The van der Waals surface area contributed by atoms with Gasteiger partial charge in [0.15, 0.2) is 0 Å². The second-order valence-corrected chi connectivity index (χ2v) is 24.0. The Morgan fingerprint density at radius 2 is 0.487 bits per heavy atom. The van der Waals surface area contributed by atoms with Crippen LogP contribution in [0.15, 0.2) is 24.3 Å². The number of unbranched alkanes of at least 4 members (excludes halogenated alkanes) is 44. The Balaban J connectivity index is 1.81. The molecule has 3 aromatic carbocycles. The number of rotatable bonds is 56. The lowest BCUT2D eigenvalue weighted by Crippen LogP contribution is -2.06. The lowest BCUT2D eigenvalue weighted by atomic mass is 9.98. The first-order chi connectivity index (χ1) is 37.6. The molecule has 6 heteroatoms. The Bertz CT molecular complexity index is 1790. The van der Waals surface area contributed by atoms with Crippen molar-refractivity contribution in [3.8, 4) is 23.0 Å². The summed E-state index contributed by atoms with van der Waals surface area (Å²) in [6.07, 6.45) is 62.9. The van der Waals surface area contributed by atoms with Gasteiger partial charge in [-0.05, 0) is 49.9 Å². The van der Waals surface area contributed by atoms with Crippen LogP contribution in [0.1, 0.15) is 336 Å². The van der Waals surface area contributed by atoms with Crippen molar-refractivity contribution in [1.82, 2.24) is 0 Å². The summed E-state index contributed by atoms with van der Waals surface area (Å²) in [4.78, 5) is 0. The molecule has 0 atom stereocenters. The summed E-state index contributed by atoms with van der Waals surface area (Å²) in [5, 5.41) is 4.63. The summed E-state index contributed by atoms with van der Waals surface area (Å²) in [6, 6.07) is 8.27. The molecule has 438 valence electrons. The van der Waals surface area contributed by atoms with Crippen LogP contribution in [0.5, 0.6) is 23.0 Å². The molecule has 4 nitrogen and oxygen atoms in total. The van der Waals surface area contributed by atoms with Gasteiger partial charge in [-0.3, -0.25) is 0 Å². The molecule has 0 N–H and O–H groups in total. The Morgan fingerprint density at radius 1 is 0.250 bits per heavy atom. The van der Waals surface area contributed by atoms with E-state index in [0.29, 0.717) is 36.5 Å². The molecule has 0 bridgehead atoms. The highest BCUT2D eigenvalue weighted by Crippen LogP contribution is 2.53. The zero-order valence-corrected chi connectivity index (χ0v) is 52.0. The van der Waals surface area contributed by atoms with E-state index in [0.717, 1.165) is 83.1 Å². The predicted molar refractivity (Wildman–Crippen MR) is 338 cm³/mol. The summed E-state index contributed by atoms with van der Waals surface area (Å²) in [5.74, 6) is 3.21. The maximum Gasteiger partial charge on any atom is 0.140 e. The fraction of sp³-hybridized carbons (Fsp3) is 0.800. The van der Waals surface area contributed by atoms with Gasteiger partial charge in [-0.25, -0.2) is 0 Å². The van der Waals surface area contributed by atoms with Gasteiger partial charge in [0, 0.05) is 10.8 Å². The first-order valence-corrected chi connectivity index (χ1v) is 34.3. The third kappa shape index (κ3) is 31.1. The lowest BCUT2D eigenvalue weighted by molar-refractivity contribution is 0.290. The van der Waals surface area contributed by atoms with Crippen LogP contribution >= 0.6 is 23.2 Å². The zero-order chi connectivity index (χ0) is 54.2. The fourth-order valence-electron chi connectivity index (χ4n) is 11.3. The monoisotopic (exact) mass is 1090 g/mol. The first-order valence-electron chi connectivity index (χ1n) is 33.5. The molecule has 0 unspecified atom stereocenters. The minimum Gasteiger partial charge on any atom is -0.493 e. The van der Waals surface area contributed by atoms with Gasteiger partial charge in [0.2, 0.25) is 0 Å². The van der Waals surface area contributed by atoms with Crippen molar-refractivity contribution in [2.75, 3.05) is 26.4 Å². The van der Waals surface area contributed by atoms with Crippen molar-refractivity contribution in [3.05, 3.63) is 34.3 Å². The quantitative estimate of drug-likeness (QED) is 0.0417. The topological polar surface area (TPSA) is 36.9 Å². The zero-order valence-electron chi connectivity index (χ0n) is 50.5. The molecule has 0 aliphatic rings. The minimum absolute atomic E-state index is 0.510. The highest BCUT2D eigenvalue weighted by Gasteiger charge is 2.26. The van der Waals surface area contributed by atoms with Gasteiger partial charge in [0.1, 0.15) is 23.0 Å². The minimum atomic E-state index is 0.510. The predicted octanol–water partition coefficient (Wildman–Crippen LogP) is 25.6. The maximum absolute atomic E-state index is 7.33. The van der Waals surface area contributed by atoms with Gasteiger partial charge in [-0.15, -0.1) is 0 Å². The highest BCUT2D eigenvalue weighted by molar-refractivity contribution is 6.46. The molecule has 0 fully saturated rings.